The van der Waals surface area contributed by atoms with Crippen molar-refractivity contribution < 1.29 is 22.8 Å². The van der Waals surface area contributed by atoms with Gasteiger partial charge in [0.05, 0.1) is 21.2 Å². The number of nitrogens with one attached hydrogen (secondary N) is 1. The molecule has 2 saturated heterocycles. The summed E-state index contributed by atoms with van der Waals surface area (Å²) in [4.78, 5) is 27.6. The fraction of sp³-hybridized carbons (Fsp3) is 0.474. The Kier molecular flexibility index (Phi) is 6.50. The first-order valence-electron chi connectivity index (χ1n) is 9.17. The lowest BCUT2D eigenvalue weighted by Gasteiger charge is -2.38. The van der Waals surface area contributed by atoms with Crippen molar-refractivity contribution in [3.63, 3.8) is 0 Å². The first kappa shape index (κ1) is 22.0. The molecule has 2 fully saturated rings. The predicted molar refractivity (Wildman–Crippen MR) is 109 cm³/mol. The van der Waals surface area contributed by atoms with E-state index in [0.29, 0.717) is 36.5 Å². The molecule has 2 aliphatic heterocycles. The average Bonchev–Trinajstić information content (AvgIpc) is 2.91. The standard InChI is InChI=1S/C19H21ClF3N3O2S/c1-11(2)10-25-3-5-26(6-4-25)16-12(8-15-17(27)24-18(28)29-15)7-13(9-14(16)20)19(21,22)23/h7-9,11H,3-6,10H2,1-2H3,(H,24,27,28)/b15-8+. The van der Waals surface area contributed by atoms with Crippen molar-refractivity contribution in [3.8, 4) is 0 Å². The minimum Gasteiger partial charge on any atom is -0.367 e. The first-order chi connectivity index (χ1) is 13.5. The van der Waals surface area contributed by atoms with Gasteiger partial charge in [-0.05, 0) is 35.9 Å². The van der Waals surface area contributed by atoms with Crippen molar-refractivity contribution in [1.82, 2.24) is 10.2 Å². The Hall–Kier alpha value is -1.71. The maximum atomic E-state index is 13.3. The van der Waals surface area contributed by atoms with Gasteiger partial charge in [-0.3, -0.25) is 19.8 Å². The van der Waals surface area contributed by atoms with Crippen LogP contribution in [0.3, 0.4) is 0 Å². The number of halogens is 4. The molecule has 1 aromatic carbocycles. The van der Waals surface area contributed by atoms with E-state index in [1.807, 2.05) is 4.90 Å². The van der Waals surface area contributed by atoms with Gasteiger partial charge in [0.15, 0.2) is 0 Å². The van der Waals surface area contributed by atoms with Crippen LogP contribution in [0, 0.1) is 5.92 Å². The molecule has 2 aliphatic rings. The van der Waals surface area contributed by atoms with Crippen LogP contribution in [0.4, 0.5) is 23.7 Å². The summed E-state index contributed by atoms with van der Waals surface area (Å²) in [5.74, 6) is -0.104. The molecule has 0 saturated carbocycles. The molecule has 0 aromatic heterocycles. The van der Waals surface area contributed by atoms with Crippen LogP contribution in [0.5, 0.6) is 0 Å². The molecule has 0 unspecified atom stereocenters. The van der Waals surface area contributed by atoms with Crippen molar-refractivity contribution in [2.75, 3.05) is 37.6 Å². The van der Waals surface area contributed by atoms with Gasteiger partial charge in [0.25, 0.3) is 11.1 Å². The van der Waals surface area contributed by atoms with Crippen LogP contribution in [0.15, 0.2) is 17.0 Å². The highest BCUT2D eigenvalue weighted by molar-refractivity contribution is 8.18. The number of anilines is 1. The van der Waals surface area contributed by atoms with Gasteiger partial charge in [0, 0.05) is 38.3 Å². The number of amides is 2. The average molecular weight is 448 g/mol. The van der Waals surface area contributed by atoms with Crippen LogP contribution in [-0.2, 0) is 11.0 Å². The van der Waals surface area contributed by atoms with E-state index in [4.69, 9.17) is 11.6 Å². The molecule has 0 atom stereocenters. The second-order valence-electron chi connectivity index (χ2n) is 7.43. The minimum absolute atomic E-state index is 0.0290. The summed E-state index contributed by atoms with van der Waals surface area (Å²) in [7, 11) is 0. The molecule has 5 nitrogen and oxygen atoms in total. The summed E-state index contributed by atoms with van der Waals surface area (Å²) in [6, 6.07) is 1.89. The van der Waals surface area contributed by atoms with Crippen molar-refractivity contribution in [2.24, 2.45) is 5.92 Å². The molecule has 2 amide bonds. The number of carbonyl (C=O) groups excluding carboxylic acids is 2. The smallest absolute Gasteiger partial charge is 0.367 e. The van der Waals surface area contributed by atoms with E-state index in [2.05, 4.69) is 24.1 Å². The lowest BCUT2D eigenvalue weighted by molar-refractivity contribution is -0.137. The Morgan fingerprint density at radius 1 is 1.21 bits per heavy atom. The lowest BCUT2D eigenvalue weighted by atomic mass is 10.0. The number of imide groups is 1. The minimum atomic E-state index is -4.58. The third-order valence-electron chi connectivity index (χ3n) is 4.66. The molecular formula is C19H21ClF3N3O2S. The lowest BCUT2D eigenvalue weighted by Crippen LogP contribution is -2.47. The molecule has 158 valence electrons. The summed E-state index contributed by atoms with van der Waals surface area (Å²) in [6.45, 7) is 7.95. The number of hydrogen-bond acceptors (Lipinski definition) is 5. The number of benzene rings is 1. The van der Waals surface area contributed by atoms with Gasteiger partial charge >= 0.3 is 6.18 Å². The van der Waals surface area contributed by atoms with Crippen molar-refractivity contribution >= 4 is 46.3 Å². The Bertz CT molecular complexity index is 850. The van der Waals surface area contributed by atoms with E-state index in [1.54, 1.807) is 0 Å². The van der Waals surface area contributed by atoms with Gasteiger partial charge in [-0.2, -0.15) is 13.2 Å². The molecule has 0 spiro atoms. The Morgan fingerprint density at radius 3 is 2.38 bits per heavy atom. The maximum absolute atomic E-state index is 13.3. The number of carbonyl (C=O) groups is 2. The number of thioether (sulfide) groups is 1. The van der Waals surface area contributed by atoms with E-state index in [-0.39, 0.29) is 15.5 Å². The largest absolute Gasteiger partial charge is 0.416 e. The number of nitrogens with zero attached hydrogens (tertiary/aromatic N) is 2. The molecule has 1 aromatic rings. The predicted octanol–water partition coefficient (Wildman–Crippen LogP) is 4.46. The summed E-state index contributed by atoms with van der Waals surface area (Å²) >= 11 is 6.95. The van der Waals surface area contributed by atoms with Crippen molar-refractivity contribution in [3.05, 3.63) is 33.2 Å². The molecule has 1 N–H and O–H groups in total. The van der Waals surface area contributed by atoms with Gasteiger partial charge in [-0.25, -0.2) is 0 Å². The van der Waals surface area contributed by atoms with Gasteiger partial charge < -0.3 is 4.90 Å². The molecule has 0 aliphatic carbocycles. The quantitative estimate of drug-likeness (QED) is 0.690. The van der Waals surface area contributed by atoms with Crippen LogP contribution < -0.4 is 10.2 Å². The monoisotopic (exact) mass is 447 g/mol. The topological polar surface area (TPSA) is 52.6 Å². The highest BCUT2D eigenvalue weighted by atomic mass is 35.5. The third-order valence-corrected chi connectivity index (χ3v) is 5.76. The van der Waals surface area contributed by atoms with E-state index in [9.17, 15) is 22.8 Å². The van der Waals surface area contributed by atoms with Crippen LogP contribution in [-0.4, -0.2) is 48.8 Å². The first-order valence-corrected chi connectivity index (χ1v) is 10.4. The van der Waals surface area contributed by atoms with E-state index >= 15 is 0 Å². The van der Waals surface area contributed by atoms with Gasteiger partial charge in [0.1, 0.15) is 0 Å². The third kappa shape index (κ3) is 5.26. The molecular weight excluding hydrogens is 427 g/mol. The van der Waals surface area contributed by atoms with E-state index in [1.165, 1.54) is 6.08 Å². The number of rotatable bonds is 4. The van der Waals surface area contributed by atoms with Crippen molar-refractivity contribution in [2.45, 2.75) is 20.0 Å². The highest BCUT2D eigenvalue weighted by Crippen LogP contribution is 2.40. The maximum Gasteiger partial charge on any atom is 0.416 e. The second kappa shape index (κ2) is 8.57. The fourth-order valence-corrected chi connectivity index (χ4v) is 4.48. The summed E-state index contributed by atoms with van der Waals surface area (Å²) < 4.78 is 39.9. The Balaban J connectivity index is 1.97. The van der Waals surface area contributed by atoms with Gasteiger partial charge in [-0.1, -0.05) is 25.4 Å². The van der Waals surface area contributed by atoms with Crippen LogP contribution in [0.1, 0.15) is 25.0 Å². The van der Waals surface area contributed by atoms with Crippen LogP contribution in [0.2, 0.25) is 5.02 Å². The van der Waals surface area contributed by atoms with Crippen molar-refractivity contribution in [1.29, 1.82) is 0 Å². The second-order valence-corrected chi connectivity index (χ2v) is 8.85. The number of hydrogen-bond donors (Lipinski definition) is 1. The number of piperazine rings is 1. The normalized spacial score (nSPS) is 20.1. The summed E-state index contributed by atoms with van der Waals surface area (Å²) in [5.41, 5.74) is -0.273. The summed E-state index contributed by atoms with van der Waals surface area (Å²) in [5, 5.41) is 1.53. The van der Waals surface area contributed by atoms with E-state index < -0.39 is 22.9 Å². The molecule has 0 bridgehead atoms. The molecule has 29 heavy (non-hydrogen) atoms. The SMILES string of the molecule is CC(C)CN1CCN(c2c(Cl)cc(C(F)(F)F)cc2/C=C2/SC(=O)NC2=O)CC1. The zero-order chi connectivity index (χ0) is 21.3. The zero-order valence-corrected chi connectivity index (χ0v) is 17.5. The van der Waals surface area contributed by atoms with Crippen LogP contribution in [0.25, 0.3) is 6.08 Å². The fourth-order valence-electron chi connectivity index (χ4n) is 3.46. The Morgan fingerprint density at radius 2 is 1.86 bits per heavy atom. The van der Waals surface area contributed by atoms with Gasteiger partial charge in [0.2, 0.25) is 0 Å². The number of alkyl halides is 3. The summed E-state index contributed by atoms with van der Waals surface area (Å²) in [6.07, 6.45) is -3.27. The Labute approximate surface area is 176 Å². The van der Waals surface area contributed by atoms with Crippen LogP contribution >= 0.6 is 23.4 Å². The zero-order valence-electron chi connectivity index (χ0n) is 16.0. The highest BCUT2D eigenvalue weighted by Gasteiger charge is 2.34. The molecule has 2 heterocycles. The molecule has 10 heteroatoms. The van der Waals surface area contributed by atoms with Gasteiger partial charge in [-0.15, -0.1) is 0 Å². The molecule has 0 radical (unpaired) electrons. The molecule has 3 rings (SSSR count). The van der Waals surface area contributed by atoms with E-state index in [0.717, 1.165) is 31.8 Å².